The number of amides is 1. The first-order valence-electron chi connectivity index (χ1n) is 8.88. The molecule has 164 valence electrons. The topological polar surface area (TPSA) is 176 Å². The summed E-state index contributed by atoms with van der Waals surface area (Å²) >= 11 is 0. The molecule has 0 radical (unpaired) electrons. The maximum Gasteiger partial charge on any atom is 0.289 e. The summed E-state index contributed by atoms with van der Waals surface area (Å²) in [5, 5.41) is 31.1. The number of piperazine rings is 1. The Labute approximate surface area is 175 Å². The summed E-state index contributed by atoms with van der Waals surface area (Å²) in [7, 11) is -4.14. The normalized spacial score (nSPS) is 14.8. The predicted octanol–water partition coefficient (Wildman–Crippen LogP) is 1.13. The first-order chi connectivity index (χ1) is 14.7. The molecule has 0 saturated carbocycles. The van der Waals surface area contributed by atoms with Crippen LogP contribution in [0.15, 0.2) is 47.4 Å². The van der Waals surface area contributed by atoms with Crippen LogP contribution in [-0.2, 0) is 10.0 Å². The van der Waals surface area contributed by atoms with E-state index >= 15 is 0 Å². The monoisotopic (exact) mass is 451 g/mol. The van der Waals surface area contributed by atoms with Gasteiger partial charge in [-0.25, -0.2) is 13.9 Å². The van der Waals surface area contributed by atoms with Crippen LogP contribution in [-0.4, -0.2) is 59.9 Å². The zero-order valence-corrected chi connectivity index (χ0v) is 16.7. The number of hydrogen-bond donors (Lipinski definition) is 2. The molecule has 1 aliphatic heterocycles. The van der Waals surface area contributed by atoms with Crippen molar-refractivity contribution in [2.75, 3.05) is 31.1 Å². The molecular weight excluding hydrogens is 434 g/mol. The van der Waals surface area contributed by atoms with E-state index in [1.165, 1.54) is 35.8 Å². The van der Waals surface area contributed by atoms with E-state index in [-0.39, 0.29) is 43.1 Å². The highest BCUT2D eigenvalue weighted by Crippen LogP contribution is 2.30. The van der Waals surface area contributed by atoms with Gasteiger partial charge in [-0.1, -0.05) is 12.1 Å². The van der Waals surface area contributed by atoms with Gasteiger partial charge in [0.25, 0.3) is 17.3 Å². The van der Waals surface area contributed by atoms with Crippen LogP contribution in [0, 0.1) is 20.2 Å². The number of rotatable bonds is 6. The second-order valence-electron chi connectivity index (χ2n) is 6.52. The van der Waals surface area contributed by atoms with Crippen LogP contribution in [0.4, 0.5) is 17.1 Å². The molecule has 0 atom stereocenters. The molecule has 1 aliphatic rings. The quantitative estimate of drug-likeness (QED) is 0.370. The number of nitro groups is 2. The Balaban J connectivity index is 1.85. The average molecular weight is 451 g/mol. The minimum Gasteiger partial charge on any atom is -0.368 e. The van der Waals surface area contributed by atoms with Crippen LogP contribution in [0.25, 0.3) is 0 Å². The molecule has 1 heterocycles. The molecule has 0 bridgehead atoms. The number of nitrogens with one attached hydrogen (secondary N) is 1. The summed E-state index contributed by atoms with van der Waals surface area (Å²) in [5.74, 6) is -0.950. The van der Waals surface area contributed by atoms with Gasteiger partial charge in [0.15, 0.2) is 4.90 Å². The van der Waals surface area contributed by atoms with Crippen LogP contribution >= 0.6 is 0 Å². The molecule has 0 spiro atoms. The second kappa shape index (κ2) is 8.63. The number of anilines is 1. The molecule has 0 aliphatic carbocycles. The van der Waals surface area contributed by atoms with Gasteiger partial charge in [0.1, 0.15) is 0 Å². The van der Waals surface area contributed by atoms with Gasteiger partial charge >= 0.3 is 0 Å². The first kappa shape index (κ1) is 22.1. The van der Waals surface area contributed by atoms with E-state index in [1.54, 1.807) is 4.90 Å². The minimum atomic E-state index is -4.14. The fourth-order valence-corrected chi connectivity index (χ4v) is 4.87. The number of sulfonamides is 1. The number of nitrogens with zero attached hydrogens (tertiary/aromatic N) is 4. The summed E-state index contributed by atoms with van der Waals surface area (Å²) in [4.78, 5) is 34.0. The van der Waals surface area contributed by atoms with E-state index in [0.717, 1.165) is 16.4 Å². The molecule has 1 fully saturated rings. The van der Waals surface area contributed by atoms with Crippen LogP contribution < -0.4 is 10.4 Å². The van der Waals surface area contributed by atoms with Gasteiger partial charge in [0, 0.05) is 44.4 Å². The molecule has 2 aromatic carbocycles. The maximum absolute atomic E-state index is 12.9. The van der Waals surface area contributed by atoms with Crippen molar-refractivity contribution < 1.29 is 28.3 Å². The highest BCUT2D eigenvalue weighted by atomic mass is 32.2. The molecule has 3 rings (SSSR count). The molecule has 13 nitrogen and oxygen atoms in total. The van der Waals surface area contributed by atoms with Gasteiger partial charge < -0.3 is 4.90 Å². The highest BCUT2D eigenvalue weighted by molar-refractivity contribution is 7.89. The third-order valence-electron chi connectivity index (χ3n) is 4.80. The lowest BCUT2D eigenvalue weighted by molar-refractivity contribution is -0.387. The molecule has 2 aromatic rings. The van der Waals surface area contributed by atoms with Crippen molar-refractivity contribution in [1.29, 1.82) is 0 Å². The number of para-hydroxylation sites is 1. The third-order valence-corrected chi connectivity index (χ3v) is 6.74. The number of non-ortho nitro benzene ring substituents is 1. The lowest BCUT2D eigenvalue weighted by Crippen LogP contribution is -2.49. The summed E-state index contributed by atoms with van der Waals surface area (Å²) in [5.41, 5.74) is 0.698. The van der Waals surface area contributed by atoms with Gasteiger partial charge in [0.05, 0.1) is 21.1 Å². The number of hydroxylamine groups is 1. The number of carbonyl (C=O) groups excluding carboxylic acids is 1. The lowest BCUT2D eigenvalue weighted by atomic mass is 10.1. The largest absolute Gasteiger partial charge is 0.368 e. The number of hydrogen-bond acceptors (Lipinski definition) is 9. The van der Waals surface area contributed by atoms with Crippen LogP contribution in [0.5, 0.6) is 0 Å². The van der Waals surface area contributed by atoms with Crippen molar-refractivity contribution in [1.82, 2.24) is 9.79 Å². The van der Waals surface area contributed by atoms with Crippen molar-refractivity contribution in [3.05, 3.63) is 68.3 Å². The molecule has 2 N–H and O–H groups in total. The zero-order chi connectivity index (χ0) is 22.8. The Morgan fingerprint density at radius 1 is 1.00 bits per heavy atom. The average Bonchev–Trinajstić information content (AvgIpc) is 2.78. The van der Waals surface area contributed by atoms with Crippen molar-refractivity contribution in [3.63, 3.8) is 0 Å². The van der Waals surface area contributed by atoms with E-state index in [2.05, 4.69) is 0 Å². The molecule has 31 heavy (non-hydrogen) atoms. The van der Waals surface area contributed by atoms with Gasteiger partial charge in [-0.15, -0.1) is 0 Å². The fraction of sp³-hybridized carbons (Fsp3) is 0.235. The summed E-state index contributed by atoms with van der Waals surface area (Å²) in [6.07, 6.45) is 0. The van der Waals surface area contributed by atoms with Crippen LogP contribution in [0.1, 0.15) is 10.4 Å². The van der Waals surface area contributed by atoms with Gasteiger partial charge in [0.2, 0.25) is 10.0 Å². The van der Waals surface area contributed by atoms with Gasteiger partial charge in [-0.05, 0) is 12.1 Å². The van der Waals surface area contributed by atoms with E-state index in [9.17, 15) is 33.4 Å². The molecule has 14 heteroatoms. The Bertz CT molecular complexity index is 1140. The van der Waals surface area contributed by atoms with Crippen molar-refractivity contribution in [2.24, 2.45) is 0 Å². The standard InChI is InChI=1S/C17H17N5O8S/c23-17(18-24)13-11-12(21(25)26)5-6-14(13)19-7-9-20(10-8-19)31(29,30)16-4-2-1-3-15(16)22(27)28/h1-6,11,24H,7-10H2,(H,18,23). The molecule has 0 aromatic heterocycles. The Kier molecular flexibility index (Phi) is 6.14. The second-order valence-corrected chi connectivity index (χ2v) is 8.42. The summed E-state index contributed by atoms with van der Waals surface area (Å²) in [6.45, 7) is 0.157. The van der Waals surface area contributed by atoms with Crippen molar-refractivity contribution in [3.8, 4) is 0 Å². The lowest BCUT2D eigenvalue weighted by Gasteiger charge is -2.35. The maximum atomic E-state index is 12.9. The van der Waals surface area contributed by atoms with E-state index < -0.39 is 36.4 Å². The fourth-order valence-electron chi connectivity index (χ4n) is 3.29. The Morgan fingerprint density at radius 3 is 2.23 bits per heavy atom. The number of benzene rings is 2. The van der Waals surface area contributed by atoms with Crippen molar-refractivity contribution >= 4 is 33.0 Å². The van der Waals surface area contributed by atoms with Crippen molar-refractivity contribution in [2.45, 2.75) is 4.90 Å². The smallest absolute Gasteiger partial charge is 0.289 e. The Hall–Kier alpha value is -3.62. The van der Waals surface area contributed by atoms with Crippen LogP contribution in [0.2, 0.25) is 0 Å². The minimum absolute atomic E-state index is 0.0362. The molecule has 0 unspecified atom stereocenters. The van der Waals surface area contributed by atoms with E-state index in [4.69, 9.17) is 5.21 Å². The number of nitro benzene ring substituents is 2. The number of carbonyl (C=O) groups is 1. The van der Waals surface area contributed by atoms with E-state index in [0.29, 0.717) is 0 Å². The van der Waals surface area contributed by atoms with Gasteiger partial charge in [-0.2, -0.15) is 4.31 Å². The molecule has 1 amide bonds. The Morgan fingerprint density at radius 2 is 1.65 bits per heavy atom. The van der Waals surface area contributed by atoms with Gasteiger partial charge in [-0.3, -0.25) is 30.2 Å². The highest BCUT2D eigenvalue weighted by Gasteiger charge is 2.34. The van der Waals surface area contributed by atoms with Crippen LogP contribution in [0.3, 0.4) is 0 Å². The first-order valence-corrected chi connectivity index (χ1v) is 10.3. The third kappa shape index (κ3) is 4.30. The summed E-state index contributed by atoms with van der Waals surface area (Å²) < 4.78 is 27.0. The SMILES string of the molecule is O=C(NO)c1cc([N+](=O)[O-])ccc1N1CCN(S(=O)(=O)c2ccccc2[N+](=O)[O-])CC1. The predicted molar refractivity (Wildman–Crippen MR) is 106 cm³/mol. The van der Waals surface area contributed by atoms with E-state index in [1.807, 2.05) is 0 Å². The zero-order valence-electron chi connectivity index (χ0n) is 15.9. The molecule has 1 saturated heterocycles. The summed E-state index contributed by atoms with van der Waals surface area (Å²) in [6, 6.07) is 8.59. The molecular formula is C17H17N5O8S.